The number of benzene rings is 1. The first-order chi connectivity index (χ1) is 10.7. The Morgan fingerprint density at radius 1 is 1.14 bits per heavy atom. The number of rotatable bonds is 3. The Labute approximate surface area is 131 Å². The van der Waals surface area contributed by atoms with Crippen LogP contribution in [0.25, 0.3) is 11.3 Å². The van der Waals surface area contributed by atoms with Gasteiger partial charge in [-0.05, 0) is 19.5 Å². The molecule has 2 aromatic rings. The number of aromatic nitrogens is 2. The van der Waals surface area contributed by atoms with Gasteiger partial charge in [-0.1, -0.05) is 30.7 Å². The Morgan fingerprint density at radius 3 is 2.59 bits per heavy atom. The number of anilines is 2. The lowest BCUT2D eigenvalue weighted by atomic mass is 10.1. The van der Waals surface area contributed by atoms with E-state index in [0.717, 1.165) is 49.8 Å². The summed E-state index contributed by atoms with van der Waals surface area (Å²) < 4.78 is 0. The molecule has 0 saturated carbocycles. The number of nitrogens with zero attached hydrogens (tertiary/aromatic N) is 4. The van der Waals surface area contributed by atoms with Crippen molar-refractivity contribution >= 4 is 11.5 Å². The molecular weight excluding hydrogens is 274 g/mol. The van der Waals surface area contributed by atoms with Crippen molar-refractivity contribution in [3.63, 3.8) is 0 Å². The van der Waals surface area contributed by atoms with Crippen LogP contribution in [-0.4, -0.2) is 47.6 Å². The average Bonchev–Trinajstić information content (AvgIpc) is 2.55. The summed E-state index contributed by atoms with van der Waals surface area (Å²) in [7, 11) is 0. The number of piperazine rings is 1. The minimum Gasteiger partial charge on any atom is -0.394 e. The third-order valence-corrected chi connectivity index (χ3v) is 4.27. The van der Waals surface area contributed by atoms with Crippen molar-refractivity contribution < 1.29 is 0 Å². The molecule has 2 N–H and O–H groups in total. The Balaban J connectivity index is 1.90. The normalized spacial score (nSPS) is 16.0. The lowest BCUT2D eigenvalue weighted by Gasteiger charge is -2.35. The molecule has 0 bridgehead atoms. The van der Waals surface area contributed by atoms with Gasteiger partial charge in [0.25, 0.3) is 0 Å². The second-order valence-corrected chi connectivity index (χ2v) is 5.75. The maximum Gasteiger partial charge on any atom is 0.155 e. The molecule has 1 aromatic heterocycles. The average molecular weight is 297 g/mol. The Bertz CT molecular complexity index is 647. The standard InChI is InChI=1S/C17H23N5/c1-3-21-7-9-22(10-8-21)17-15(18)16(19-12-20-17)14-6-4-5-13(2)11-14/h4-6,11-12H,3,7-10,18H2,1-2H3. The largest absolute Gasteiger partial charge is 0.394 e. The lowest BCUT2D eigenvalue weighted by Crippen LogP contribution is -2.46. The first-order valence-corrected chi connectivity index (χ1v) is 7.84. The summed E-state index contributed by atoms with van der Waals surface area (Å²) >= 11 is 0. The molecule has 1 aromatic carbocycles. The quantitative estimate of drug-likeness (QED) is 0.941. The highest BCUT2D eigenvalue weighted by atomic mass is 15.3. The Morgan fingerprint density at radius 2 is 1.91 bits per heavy atom. The number of nitrogens with two attached hydrogens (primary N) is 1. The molecule has 3 rings (SSSR count). The van der Waals surface area contributed by atoms with Gasteiger partial charge >= 0.3 is 0 Å². The van der Waals surface area contributed by atoms with E-state index in [4.69, 9.17) is 5.73 Å². The highest BCUT2D eigenvalue weighted by Crippen LogP contribution is 2.30. The van der Waals surface area contributed by atoms with Gasteiger partial charge in [0.05, 0.1) is 5.69 Å². The van der Waals surface area contributed by atoms with Crippen LogP contribution in [0.15, 0.2) is 30.6 Å². The van der Waals surface area contributed by atoms with Crippen LogP contribution < -0.4 is 10.6 Å². The van der Waals surface area contributed by atoms with Crippen LogP contribution in [0.5, 0.6) is 0 Å². The van der Waals surface area contributed by atoms with Gasteiger partial charge in [-0.25, -0.2) is 9.97 Å². The molecule has 1 aliphatic heterocycles. The fourth-order valence-electron chi connectivity index (χ4n) is 2.94. The van der Waals surface area contributed by atoms with Gasteiger partial charge in [-0.15, -0.1) is 0 Å². The van der Waals surface area contributed by atoms with E-state index in [0.29, 0.717) is 5.69 Å². The first kappa shape index (κ1) is 14.8. The molecule has 116 valence electrons. The Kier molecular flexibility index (Phi) is 4.24. The number of aryl methyl sites for hydroxylation is 1. The number of likely N-dealkylation sites (N-methyl/N-ethyl adjacent to an activating group) is 1. The summed E-state index contributed by atoms with van der Waals surface area (Å²) in [6.45, 7) is 9.40. The zero-order chi connectivity index (χ0) is 15.5. The van der Waals surface area contributed by atoms with Crippen molar-refractivity contribution in [2.75, 3.05) is 43.4 Å². The fourth-order valence-corrected chi connectivity index (χ4v) is 2.94. The van der Waals surface area contributed by atoms with E-state index < -0.39 is 0 Å². The fraction of sp³-hybridized carbons (Fsp3) is 0.412. The van der Waals surface area contributed by atoms with Crippen molar-refractivity contribution in [2.45, 2.75) is 13.8 Å². The van der Waals surface area contributed by atoms with E-state index in [9.17, 15) is 0 Å². The summed E-state index contributed by atoms with van der Waals surface area (Å²) in [5, 5.41) is 0. The molecule has 0 radical (unpaired) electrons. The van der Waals surface area contributed by atoms with E-state index in [2.05, 4.69) is 45.7 Å². The minimum atomic E-state index is 0.679. The summed E-state index contributed by atoms with van der Waals surface area (Å²) in [4.78, 5) is 13.5. The van der Waals surface area contributed by atoms with Crippen LogP contribution >= 0.6 is 0 Å². The van der Waals surface area contributed by atoms with Crippen LogP contribution in [0, 0.1) is 6.92 Å². The molecule has 0 amide bonds. The van der Waals surface area contributed by atoms with E-state index in [-0.39, 0.29) is 0 Å². The molecule has 5 heteroatoms. The third-order valence-electron chi connectivity index (χ3n) is 4.27. The first-order valence-electron chi connectivity index (χ1n) is 7.84. The van der Waals surface area contributed by atoms with Gasteiger partial charge in [0.2, 0.25) is 0 Å². The van der Waals surface area contributed by atoms with Crippen LogP contribution in [0.3, 0.4) is 0 Å². The van der Waals surface area contributed by atoms with Crippen LogP contribution in [-0.2, 0) is 0 Å². The van der Waals surface area contributed by atoms with Crippen molar-refractivity contribution in [1.82, 2.24) is 14.9 Å². The summed E-state index contributed by atoms with van der Waals surface area (Å²) in [6.07, 6.45) is 1.62. The molecule has 0 unspecified atom stereocenters. The minimum absolute atomic E-state index is 0.679. The molecule has 0 aliphatic carbocycles. The maximum absolute atomic E-state index is 6.38. The molecule has 2 heterocycles. The molecule has 1 saturated heterocycles. The molecule has 1 aliphatic rings. The van der Waals surface area contributed by atoms with Crippen molar-refractivity contribution in [3.05, 3.63) is 36.2 Å². The maximum atomic E-state index is 6.38. The topological polar surface area (TPSA) is 58.3 Å². The smallest absolute Gasteiger partial charge is 0.155 e. The molecule has 22 heavy (non-hydrogen) atoms. The van der Waals surface area contributed by atoms with Gasteiger partial charge in [-0.3, -0.25) is 0 Å². The van der Waals surface area contributed by atoms with Crippen molar-refractivity contribution in [1.29, 1.82) is 0 Å². The van der Waals surface area contributed by atoms with Crippen molar-refractivity contribution in [2.24, 2.45) is 0 Å². The molecule has 0 spiro atoms. The highest BCUT2D eigenvalue weighted by molar-refractivity contribution is 5.81. The zero-order valence-electron chi connectivity index (χ0n) is 13.3. The number of hydrogen-bond acceptors (Lipinski definition) is 5. The second-order valence-electron chi connectivity index (χ2n) is 5.75. The molecule has 0 atom stereocenters. The molecule has 5 nitrogen and oxygen atoms in total. The van der Waals surface area contributed by atoms with Gasteiger partial charge in [-0.2, -0.15) is 0 Å². The molecular formula is C17H23N5. The summed E-state index contributed by atoms with van der Waals surface area (Å²) in [6, 6.07) is 8.26. The van der Waals surface area contributed by atoms with Gasteiger partial charge < -0.3 is 15.5 Å². The number of hydrogen-bond donors (Lipinski definition) is 1. The summed E-state index contributed by atoms with van der Waals surface area (Å²) in [5.41, 5.74) is 10.1. The SMILES string of the molecule is CCN1CCN(c2ncnc(-c3cccc(C)c3)c2N)CC1. The molecule has 1 fully saturated rings. The van der Waals surface area contributed by atoms with Gasteiger partial charge in [0.15, 0.2) is 5.82 Å². The van der Waals surface area contributed by atoms with Crippen LogP contribution in [0.1, 0.15) is 12.5 Å². The monoisotopic (exact) mass is 297 g/mol. The van der Waals surface area contributed by atoms with E-state index >= 15 is 0 Å². The van der Waals surface area contributed by atoms with Gasteiger partial charge in [0.1, 0.15) is 12.0 Å². The summed E-state index contributed by atoms with van der Waals surface area (Å²) in [5.74, 6) is 0.863. The Hall–Kier alpha value is -2.14. The zero-order valence-corrected chi connectivity index (χ0v) is 13.3. The van der Waals surface area contributed by atoms with Crippen molar-refractivity contribution in [3.8, 4) is 11.3 Å². The van der Waals surface area contributed by atoms with E-state index in [1.165, 1.54) is 5.56 Å². The van der Waals surface area contributed by atoms with E-state index in [1.54, 1.807) is 6.33 Å². The van der Waals surface area contributed by atoms with E-state index in [1.807, 2.05) is 12.1 Å². The number of nitrogen functional groups attached to an aromatic ring is 1. The van der Waals surface area contributed by atoms with Crippen LogP contribution in [0.4, 0.5) is 11.5 Å². The predicted molar refractivity (Wildman–Crippen MR) is 90.9 cm³/mol. The lowest BCUT2D eigenvalue weighted by molar-refractivity contribution is 0.270. The van der Waals surface area contributed by atoms with Gasteiger partial charge in [0, 0.05) is 31.7 Å². The second kappa shape index (κ2) is 6.32. The highest BCUT2D eigenvalue weighted by Gasteiger charge is 2.20. The van der Waals surface area contributed by atoms with Crippen LogP contribution in [0.2, 0.25) is 0 Å². The third kappa shape index (κ3) is 2.90. The predicted octanol–water partition coefficient (Wildman–Crippen LogP) is 2.18.